The van der Waals surface area contributed by atoms with E-state index < -0.39 is 5.54 Å². The molecule has 8 rings (SSSR count). The van der Waals surface area contributed by atoms with Crippen molar-refractivity contribution in [2.45, 2.75) is 51.1 Å². The molecular weight excluding hydrogens is 615 g/mol. The summed E-state index contributed by atoms with van der Waals surface area (Å²) >= 11 is 0. The molecule has 2 heterocycles. The van der Waals surface area contributed by atoms with Crippen LogP contribution in [-0.2, 0) is 31.3 Å². The van der Waals surface area contributed by atoms with E-state index in [0.29, 0.717) is 12.4 Å². The predicted molar refractivity (Wildman–Crippen MR) is 199 cm³/mol. The second-order valence-electron chi connectivity index (χ2n) is 12.8. The highest BCUT2D eigenvalue weighted by Crippen LogP contribution is 2.40. The van der Waals surface area contributed by atoms with Crippen molar-refractivity contribution < 1.29 is 0 Å². The molecule has 50 heavy (non-hydrogen) atoms. The van der Waals surface area contributed by atoms with Crippen LogP contribution in [0.1, 0.15) is 59.1 Å². The van der Waals surface area contributed by atoms with Crippen LogP contribution in [-0.4, -0.2) is 30.2 Å². The minimum Gasteiger partial charge on any atom is -0.366 e. The average molecular weight is 654 g/mol. The Bertz CT molecular complexity index is 2100. The highest BCUT2D eigenvalue weighted by molar-refractivity contribution is 5.80. The van der Waals surface area contributed by atoms with Gasteiger partial charge in [0.1, 0.15) is 11.6 Å². The van der Waals surface area contributed by atoms with Crippen LogP contribution in [0.25, 0.3) is 22.5 Å². The van der Waals surface area contributed by atoms with Crippen molar-refractivity contribution in [3.8, 4) is 22.5 Å². The van der Waals surface area contributed by atoms with Gasteiger partial charge in [0.15, 0.2) is 5.54 Å². The maximum absolute atomic E-state index is 5.17. The van der Waals surface area contributed by atoms with Crippen LogP contribution in [0.15, 0.2) is 140 Å². The van der Waals surface area contributed by atoms with Crippen LogP contribution < -0.4 is 5.32 Å². The van der Waals surface area contributed by atoms with E-state index >= 15 is 0 Å². The normalized spacial score (nSPS) is 12.7. The second kappa shape index (κ2) is 13.9. The van der Waals surface area contributed by atoms with E-state index in [9.17, 15) is 0 Å². The highest BCUT2D eigenvalue weighted by atomic mass is 15.6. The lowest BCUT2D eigenvalue weighted by molar-refractivity contribution is 0.396. The zero-order valence-corrected chi connectivity index (χ0v) is 28.2. The van der Waals surface area contributed by atoms with Crippen molar-refractivity contribution in [3.63, 3.8) is 0 Å². The van der Waals surface area contributed by atoms with Crippen molar-refractivity contribution in [2.75, 3.05) is 5.32 Å². The molecule has 0 radical (unpaired) electrons. The monoisotopic (exact) mass is 653 g/mol. The lowest BCUT2D eigenvalue weighted by Crippen LogP contribution is -2.39. The molecule has 246 valence electrons. The van der Waals surface area contributed by atoms with Crippen LogP contribution >= 0.6 is 0 Å². The molecule has 0 atom stereocenters. The molecule has 5 aromatic carbocycles. The number of anilines is 1. The topological polar surface area (TPSA) is 81.4 Å². The SMILES string of the molecule is CCc1nc2c(c(NCc3ccc(-c4ccccc4-c4nnn(C(c5ccccc5)(c5ccccc5)c5ccccc5)n4)cc3)n1)CCCC2. The first-order chi connectivity index (χ1) is 24.7. The van der Waals surface area contributed by atoms with Crippen molar-refractivity contribution >= 4 is 5.82 Å². The van der Waals surface area contributed by atoms with Gasteiger partial charge < -0.3 is 5.32 Å². The Morgan fingerprint density at radius 2 is 1.22 bits per heavy atom. The molecule has 0 saturated heterocycles. The molecular formula is C43H39N7. The van der Waals surface area contributed by atoms with Crippen LogP contribution in [0.2, 0.25) is 0 Å². The molecule has 1 N–H and O–H groups in total. The molecule has 0 amide bonds. The molecule has 1 aliphatic rings. The summed E-state index contributed by atoms with van der Waals surface area (Å²) < 4.78 is 0. The first-order valence-electron chi connectivity index (χ1n) is 17.5. The number of hydrogen-bond donors (Lipinski definition) is 1. The van der Waals surface area contributed by atoms with E-state index in [1.54, 1.807) is 4.80 Å². The number of nitrogens with zero attached hydrogens (tertiary/aromatic N) is 6. The maximum atomic E-state index is 5.17. The van der Waals surface area contributed by atoms with Gasteiger partial charge in [-0.25, -0.2) is 9.97 Å². The molecule has 7 aromatic rings. The summed E-state index contributed by atoms with van der Waals surface area (Å²) in [4.78, 5) is 11.5. The van der Waals surface area contributed by atoms with Gasteiger partial charge in [-0.3, -0.25) is 0 Å². The molecule has 7 heteroatoms. The molecule has 7 nitrogen and oxygen atoms in total. The van der Waals surface area contributed by atoms with Gasteiger partial charge in [-0.1, -0.05) is 146 Å². The quantitative estimate of drug-likeness (QED) is 0.149. The standard InChI is InChI=1S/C43H39N7/c1-2-40-45-39-25-15-14-24-38(39)41(46-40)44-30-31-26-28-32(29-27-31)36-22-12-13-23-37(36)42-47-49-50(48-42)43(33-16-6-3-7-17-33,34-18-8-4-9-19-34)35-20-10-5-11-21-35/h3-13,16-23,26-29H,2,14-15,24-25,30H2,1H3,(H,44,45,46). The predicted octanol–water partition coefficient (Wildman–Crippen LogP) is 8.69. The minimum atomic E-state index is -0.834. The van der Waals surface area contributed by atoms with Crippen molar-refractivity contribution in [3.05, 3.63) is 179 Å². The molecule has 0 fully saturated rings. The number of benzene rings is 5. The van der Waals surface area contributed by atoms with Crippen LogP contribution in [0.5, 0.6) is 0 Å². The second-order valence-corrected chi connectivity index (χ2v) is 12.8. The number of rotatable bonds is 10. The van der Waals surface area contributed by atoms with E-state index in [1.807, 2.05) is 24.3 Å². The molecule has 0 bridgehead atoms. The van der Waals surface area contributed by atoms with E-state index in [4.69, 9.17) is 25.4 Å². The van der Waals surface area contributed by atoms with Crippen molar-refractivity contribution in [1.82, 2.24) is 30.2 Å². The molecule has 0 unspecified atom stereocenters. The lowest BCUT2D eigenvalue weighted by atomic mass is 9.77. The fourth-order valence-electron chi connectivity index (χ4n) is 7.22. The Morgan fingerprint density at radius 3 is 1.84 bits per heavy atom. The maximum Gasteiger partial charge on any atom is 0.205 e. The third-order valence-corrected chi connectivity index (χ3v) is 9.73. The third-order valence-electron chi connectivity index (χ3n) is 9.73. The Labute approximate surface area is 293 Å². The van der Waals surface area contributed by atoms with Gasteiger partial charge in [-0.2, -0.15) is 0 Å². The summed E-state index contributed by atoms with van der Waals surface area (Å²) in [6.45, 7) is 2.82. The zero-order chi connectivity index (χ0) is 33.8. The third kappa shape index (κ3) is 5.85. The number of fused-ring (bicyclic) bond motifs is 1. The number of aromatic nitrogens is 6. The fourth-order valence-corrected chi connectivity index (χ4v) is 7.22. The fraction of sp³-hybridized carbons (Fsp3) is 0.186. The summed E-state index contributed by atoms with van der Waals surface area (Å²) in [7, 11) is 0. The van der Waals surface area contributed by atoms with Gasteiger partial charge in [0.2, 0.25) is 5.82 Å². The molecule has 0 spiro atoms. The summed E-state index contributed by atoms with van der Waals surface area (Å²) in [5, 5.41) is 18.3. The first kappa shape index (κ1) is 31.3. The minimum absolute atomic E-state index is 0.568. The smallest absolute Gasteiger partial charge is 0.205 e. The Morgan fingerprint density at radius 1 is 0.640 bits per heavy atom. The van der Waals surface area contributed by atoms with E-state index in [2.05, 4.69) is 128 Å². The van der Waals surface area contributed by atoms with Crippen molar-refractivity contribution in [1.29, 1.82) is 0 Å². The van der Waals surface area contributed by atoms with Gasteiger partial charge in [-0.05, 0) is 64.3 Å². The lowest BCUT2D eigenvalue weighted by Gasteiger charge is -2.34. The van der Waals surface area contributed by atoms with Gasteiger partial charge in [0.05, 0.1) is 0 Å². The summed E-state index contributed by atoms with van der Waals surface area (Å²) in [5.74, 6) is 2.48. The Kier molecular flexibility index (Phi) is 8.70. The van der Waals surface area contributed by atoms with Crippen molar-refractivity contribution in [2.24, 2.45) is 0 Å². The summed E-state index contributed by atoms with van der Waals surface area (Å²) in [6.07, 6.45) is 5.32. The molecule has 0 saturated carbocycles. The van der Waals surface area contributed by atoms with Gasteiger partial charge in [0, 0.05) is 29.8 Å². The summed E-state index contributed by atoms with van der Waals surface area (Å²) in [6, 6.07) is 48.3. The van der Waals surface area contributed by atoms with Crippen LogP contribution in [0, 0.1) is 0 Å². The van der Waals surface area contributed by atoms with Gasteiger partial charge in [0.25, 0.3) is 0 Å². The van der Waals surface area contributed by atoms with E-state index in [-0.39, 0.29) is 0 Å². The average Bonchev–Trinajstić information content (AvgIpc) is 3.69. The highest BCUT2D eigenvalue weighted by Gasteiger charge is 2.41. The Balaban J connectivity index is 1.13. The number of hydrogen-bond acceptors (Lipinski definition) is 6. The first-order valence-corrected chi connectivity index (χ1v) is 17.5. The largest absolute Gasteiger partial charge is 0.366 e. The molecule has 0 aliphatic heterocycles. The van der Waals surface area contributed by atoms with Gasteiger partial charge in [-0.15, -0.1) is 15.0 Å². The van der Waals surface area contributed by atoms with E-state index in [0.717, 1.165) is 64.3 Å². The zero-order valence-electron chi connectivity index (χ0n) is 28.2. The number of aryl methyl sites for hydroxylation is 2. The van der Waals surface area contributed by atoms with Crippen LogP contribution in [0.4, 0.5) is 5.82 Å². The summed E-state index contributed by atoms with van der Waals surface area (Å²) in [5.41, 5.74) is 9.07. The number of nitrogens with one attached hydrogen (secondary N) is 1. The Hall–Kier alpha value is -5.95. The van der Waals surface area contributed by atoms with Crippen LogP contribution in [0.3, 0.4) is 0 Å². The van der Waals surface area contributed by atoms with Gasteiger partial charge >= 0.3 is 0 Å². The molecule has 2 aromatic heterocycles. The van der Waals surface area contributed by atoms with E-state index in [1.165, 1.54) is 29.7 Å². The molecule has 1 aliphatic carbocycles. The number of tetrazole rings is 1.